The molecule has 1 aliphatic rings. The van der Waals surface area contributed by atoms with Gasteiger partial charge in [-0.15, -0.1) is 0 Å². The monoisotopic (exact) mass is 336 g/mol. The summed E-state index contributed by atoms with van der Waals surface area (Å²) >= 11 is 0. The maximum atomic E-state index is 13.0. The molecule has 4 heteroatoms. The summed E-state index contributed by atoms with van der Waals surface area (Å²) in [5, 5.41) is 0. The maximum Gasteiger partial charge on any atom is 0.254 e. The zero-order valence-electron chi connectivity index (χ0n) is 15.0. The van der Waals surface area contributed by atoms with E-state index in [1.54, 1.807) is 4.90 Å². The number of para-hydroxylation sites is 1. The van der Waals surface area contributed by atoms with Crippen molar-refractivity contribution in [2.75, 3.05) is 18.0 Å². The highest BCUT2D eigenvalue weighted by atomic mass is 16.2. The van der Waals surface area contributed by atoms with Crippen LogP contribution in [0.25, 0.3) is 0 Å². The number of nitrogens with zero attached hydrogens (tertiary/aromatic N) is 2. The first-order valence-corrected chi connectivity index (χ1v) is 8.80. The molecule has 0 spiro atoms. The first kappa shape index (κ1) is 17.2. The number of carbonyl (C=O) groups excluding carboxylic acids is 2. The lowest BCUT2D eigenvalue weighted by Gasteiger charge is -2.40. The normalized spacial score (nSPS) is 17.7. The molecular formula is C21H24N2O2. The van der Waals surface area contributed by atoms with Gasteiger partial charge in [0.05, 0.1) is 0 Å². The molecule has 1 saturated heterocycles. The topological polar surface area (TPSA) is 40.6 Å². The lowest BCUT2D eigenvalue weighted by atomic mass is 10.0. The molecule has 2 amide bonds. The summed E-state index contributed by atoms with van der Waals surface area (Å²) in [5.41, 5.74) is 3.72. The average Bonchev–Trinajstić information content (AvgIpc) is 2.64. The highest BCUT2D eigenvalue weighted by molar-refractivity contribution is 6.04. The molecule has 130 valence electrons. The molecule has 0 N–H and O–H groups in total. The van der Waals surface area contributed by atoms with Gasteiger partial charge < -0.3 is 9.80 Å². The molecule has 1 atom stereocenters. The Labute approximate surface area is 149 Å². The van der Waals surface area contributed by atoms with E-state index in [9.17, 15) is 9.59 Å². The number of rotatable bonds is 3. The van der Waals surface area contributed by atoms with Crippen molar-refractivity contribution in [3.63, 3.8) is 0 Å². The largest absolute Gasteiger partial charge is 0.325 e. The van der Waals surface area contributed by atoms with Crippen molar-refractivity contribution >= 4 is 17.5 Å². The molecule has 0 aromatic heterocycles. The van der Waals surface area contributed by atoms with Gasteiger partial charge in [-0.2, -0.15) is 0 Å². The SMILES string of the molecule is CCc1ccccc1N1CCN(C(=O)c2ccccc2C)C(C)C1=O. The first-order valence-electron chi connectivity index (χ1n) is 8.80. The van der Waals surface area contributed by atoms with Crippen LogP contribution in [0.5, 0.6) is 0 Å². The van der Waals surface area contributed by atoms with E-state index >= 15 is 0 Å². The Bertz CT molecular complexity index is 800. The van der Waals surface area contributed by atoms with E-state index in [1.165, 1.54) is 0 Å². The second-order valence-corrected chi connectivity index (χ2v) is 6.46. The summed E-state index contributed by atoms with van der Waals surface area (Å²) in [4.78, 5) is 29.4. The molecular weight excluding hydrogens is 312 g/mol. The van der Waals surface area contributed by atoms with E-state index in [1.807, 2.05) is 61.2 Å². The van der Waals surface area contributed by atoms with E-state index in [-0.39, 0.29) is 11.8 Å². The molecule has 1 heterocycles. The predicted octanol–water partition coefficient (Wildman–Crippen LogP) is 3.43. The van der Waals surface area contributed by atoms with Crippen LogP contribution >= 0.6 is 0 Å². The minimum atomic E-state index is -0.467. The number of anilines is 1. The minimum Gasteiger partial charge on any atom is -0.325 e. The zero-order valence-corrected chi connectivity index (χ0v) is 15.0. The van der Waals surface area contributed by atoms with Crippen LogP contribution in [0.15, 0.2) is 48.5 Å². The van der Waals surface area contributed by atoms with Crippen LogP contribution in [-0.4, -0.2) is 35.8 Å². The van der Waals surface area contributed by atoms with Crippen molar-refractivity contribution in [2.45, 2.75) is 33.2 Å². The van der Waals surface area contributed by atoms with Gasteiger partial charge in [-0.3, -0.25) is 9.59 Å². The molecule has 2 aromatic rings. The Morgan fingerprint density at radius 3 is 2.48 bits per heavy atom. The van der Waals surface area contributed by atoms with Crippen LogP contribution in [-0.2, 0) is 11.2 Å². The van der Waals surface area contributed by atoms with Gasteiger partial charge in [0.1, 0.15) is 6.04 Å². The highest BCUT2D eigenvalue weighted by Crippen LogP contribution is 2.26. The average molecular weight is 336 g/mol. The standard InChI is InChI=1S/C21H24N2O2/c1-4-17-10-6-8-12-19(17)23-14-13-22(16(3)20(23)24)21(25)18-11-7-5-9-15(18)2/h5-12,16H,4,13-14H2,1-3H3. The summed E-state index contributed by atoms with van der Waals surface area (Å²) < 4.78 is 0. The number of amides is 2. The number of benzene rings is 2. The van der Waals surface area contributed by atoms with Crippen LogP contribution in [0.1, 0.15) is 35.3 Å². The molecule has 0 saturated carbocycles. The predicted molar refractivity (Wildman–Crippen MR) is 99.9 cm³/mol. The smallest absolute Gasteiger partial charge is 0.254 e. The van der Waals surface area contributed by atoms with Crippen molar-refractivity contribution in [3.05, 3.63) is 65.2 Å². The fourth-order valence-electron chi connectivity index (χ4n) is 3.43. The number of hydrogen-bond acceptors (Lipinski definition) is 2. The second-order valence-electron chi connectivity index (χ2n) is 6.46. The van der Waals surface area contributed by atoms with Crippen molar-refractivity contribution < 1.29 is 9.59 Å². The molecule has 0 radical (unpaired) electrons. The van der Waals surface area contributed by atoms with E-state index in [0.717, 1.165) is 23.2 Å². The fraction of sp³-hybridized carbons (Fsp3) is 0.333. The zero-order chi connectivity index (χ0) is 18.0. The summed E-state index contributed by atoms with van der Waals surface area (Å²) in [7, 11) is 0. The van der Waals surface area contributed by atoms with Gasteiger partial charge in [0.25, 0.3) is 5.91 Å². The summed E-state index contributed by atoms with van der Waals surface area (Å²) in [5.74, 6) is -0.0866. The van der Waals surface area contributed by atoms with Gasteiger partial charge in [0.2, 0.25) is 5.91 Å². The van der Waals surface area contributed by atoms with Gasteiger partial charge in [0, 0.05) is 24.3 Å². The molecule has 1 fully saturated rings. The van der Waals surface area contributed by atoms with Gasteiger partial charge in [-0.25, -0.2) is 0 Å². The molecule has 4 nitrogen and oxygen atoms in total. The van der Waals surface area contributed by atoms with E-state index < -0.39 is 6.04 Å². The Balaban J connectivity index is 1.85. The number of hydrogen-bond donors (Lipinski definition) is 0. The van der Waals surface area contributed by atoms with Crippen LogP contribution in [0.4, 0.5) is 5.69 Å². The lowest BCUT2D eigenvalue weighted by molar-refractivity contribution is -0.124. The van der Waals surface area contributed by atoms with Crippen LogP contribution in [0.3, 0.4) is 0 Å². The molecule has 1 aliphatic heterocycles. The molecule has 1 unspecified atom stereocenters. The third-order valence-electron chi connectivity index (χ3n) is 4.96. The molecule has 25 heavy (non-hydrogen) atoms. The van der Waals surface area contributed by atoms with E-state index in [0.29, 0.717) is 18.7 Å². The third-order valence-corrected chi connectivity index (χ3v) is 4.96. The number of carbonyl (C=O) groups is 2. The Morgan fingerprint density at radius 2 is 1.76 bits per heavy atom. The summed E-state index contributed by atoms with van der Waals surface area (Å²) in [6.07, 6.45) is 0.875. The fourth-order valence-corrected chi connectivity index (χ4v) is 3.43. The van der Waals surface area contributed by atoms with Crippen LogP contribution < -0.4 is 4.90 Å². The Morgan fingerprint density at radius 1 is 1.08 bits per heavy atom. The van der Waals surface area contributed by atoms with Crippen molar-refractivity contribution in [1.82, 2.24) is 4.90 Å². The quantitative estimate of drug-likeness (QED) is 0.861. The van der Waals surface area contributed by atoms with E-state index in [2.05, 4.69) is 13.0 Å². The van der Waals surface area contributed by atoms with Crippen molar-refractivity contribution in [1.29, 1.82) is 0 Å². The van der Waals surface area contributed by atoms with Gasteiger partial charge in [0.15, 0.2) is 0 Å². The number of piperazine rings is 1. The first-order chi connectivity index (χ1) is 12.0. The third kappa shape index (κ3) is 3.16. The highest BCUT2D eigenvalue weighted by Gasteiger charge is 2.36. The maximum absolute atomic E-state index is 13.0. The molecule has 2 aromatic carbocycles. The summed E-state index contributed by atoms with van der Waals surface area (Å²) in [6, 6.07) is 15.1. The van der Waals surface area contributed by atoms with E-state index in [4.69, 9.17) is 0 Å². The van der Waals surface area contributed by atoms with Gasteiger partial charge in [-0.1, -0.05) is 43.3 Å². The lowest BCUT2D eigenvalue weighted by Crippen LogP contribution is -2.58. The molecule has 0 bridgehead atoms. The summed E-state index contributed by atoms with van der Waals surface area (Å²) in [6.45, 7) is 6.90. The minimum absolute atomic E-state index is 0.0194. The van der Waals surface area contributed by atoms with Crippen LogP contribution in [0.2, 0.25) is 0 Å². The van der Waals surface area contributed by atoms with Crippen molar-refractivity contribution in [3.8, 4) is 0 Å². The van der Waals surface area contributed by atoms with Gasteiger partial charge >= 0.3 is 0 Å². The Hall–Kier alpha value is -2.62. The van der Waals surface area contributed by atoms with Crippen LogP contribution in [0, 0.1) is 6.92 Å². The van der Waals surface area contributed by atoms with Gasteiger partial charge in [-0.05, 0) is 43.5 Å². The Kier molecular flexibility index (Phi) is 4.88. The van der Waals surface area contributed by atoms with Crippen molar-refractivity contribution in [2.24, 2.45) is 0 Å². The molecule has 0 aliphatic carbocycles. The second kappa shape index (κ2) is 7.09. The number of aryl methyl sites for hydroxylation is 2. The molecule has 3 rings (SSSR count).